The zero-order chi connectivity index (χ0) is 14.7. The topological polar surface area (TPSA) is 53.1 Å². The van der Waals surface area contributed by atoms with E-state index in [1.54, 1.807) is 18.2 Å². The summed E-state index contributed by atoms with van der Waals surface area (Å²) in [5.74, 6) is -0.224. The van der Waals surface area contributed by atoms with Crippen molar-refractivity contribution in [1.82, 2.24) is 0 Å². The highest BCUT2D eigenvalue weighted by Gasteiger charge is 2.12. The van der Waals surface area contributed by atoms with Gasteiger partial charge in [0, 0.05) is 22.3 Å². The second-order valence-electron chi connectivity index (χ2n) is 4.30. The number of rotatable bonds is 4. The molecule has 104 valence electrons. The van der Waals surface area contributed by atoms with Gasteiger partial charge in [-0.15, -0.1) is 0 Å². The summed E-state index contributed by atoms with van der Waals surface area (Å²) in [6.07, 6.45) is 0. The van der Waals surface area contributed by atoms with Crippen LogP contribution in [0.25, 0.3) is 0 Å². The van der Waals surface area contributed by atoms with Crippen LogP contribution in [0, 0.1) is 11.2 Å². The number of nitrogens with two attached hydrogens (primary N) is 1. The van der Waals surface area contributed by atoms with E-state index in [1.165, 1.54) is 12.1 Å². The molecule has 0 aliphatic carbocycles. The van der Waals surface area contributed by atoms with Gasteiger partial charge in [-0.1, -0.05) is 0 Å². The first-order valence-corrected chi connectivity index (χ1v) is 6.99. The zero-order valence-corrected chi connectivity index (χ0v) is 12.6. The van der Waals surface area contributed by atoms with E-state index < -0.39 is 0 Å². The van der Waals surface area contributed by atoms with E-state index >= 15 is 0 Å². The molecule has 0 fully saturated rings. The number of halogens is 2. The number of hydrogen-bond donors (Lipinski definition) is 2. The second-order valence-corrected chi connectivity index (χ2v) is 5.15. The molecular weight excluding hydrogens is 321 g/mol. The van der Waals surface area contributed by atoms with Crippen molar-refractivity contribution in [2.45, 2.75) is 6.92 Å². The lowest BCUT2D eigenvalue weighted by Gasteiger charge is -2.25. The lowest BCUT2D eigenvalue weighted by atomic mass is 10.1. The van der Waals surface area contributed by atoms with Gasteiger partial charge in [-0.2, -0.15) is 0 Å². The molecule has 2 rings (SSSR count). The molecule has 3 nitrogen and oxygen atoms in total. The van der Waals surface area contributed by atoms with Crippen LogP contribution in [0.4, 0.5) is 15.8 Å². The third-order valence-corrected chi connectivity index (χ3v) is 3.64. The third kappa shape index (κ3) is 2.99. The summed E-state index contributed by atoms with van der Waals surface area (Å²) in [6, 6.07) is 11.9. The summed E-state index contributed by atoms with van der Waals surface area (Å²) in [5, 5.41) is 7.44. The van der Waals surface area contributed by atoms with E-state index in [4.69, 9.17) is 11.1 Å². The van der Waals surface area contributed by atoms with Crippen LogP contribution in [0.15, 0.2) is 46.9 Å². The van der Waals surface area contributed by atoms with Crippen LogP contribution >= 0.6 is 15.9 Å². The lowest BCUT2D eigenvalue weighted by molar-refractivity contribution is 0.628. The summed E-state index contributed by atoms with van der Waals surface area (Å²) in [7, 11) is 0. The third-order valence-electron chi connectivity index (χ3n) is 3.00. The van der Waals surface area contributed by atoms with E-state index in [9.17, 15) is 4.39 Å². The van der Waals surface area contributed by atoms with Gasteiger partial charge in [-0.05, 0) is 65.3 Å². The van der Waals surface area contributed by atoms with E-state index in [-0.39, 0.29) is 11.7 Å². The molecule has 0 amide bonds. The normalized spacial score (nSPS) is 10.3. The molecule has 0 saturated carbocycles. The minimum Gasteiger partial charge on any atom is -0.384 e. The number of nitrogen functional groups attached to an aromatic ring is 1. The van der Waals surface area contributed by atoms with Crippen molar-refractivity contribution in [2.75, 3.05) is 11.4 Å². The Bertz CT molecular complexity index is 626. The van der Waals surface area contributed by atoms with E-state index in [0.717, 1.165) is 22.4 Å². The number of nitrogens with one attached hydrogen (secondary N) is 1. The van der Waals surface area contributed by atoms with Gasteiger partial charge in [0.25, 0.3) is 0 Å². The Hall–Kier alpha value is -1.88. The van der Waals surface area contributed by atoms with Crippen LogP contribution in [0.1, 0.15) is 12.5 Å². The summed E-state index contributed by atoms with van der Waals surface area (Å²) in [6.45, 7) is 2.76. The summed E-state index contributed by atoms with van der Waals surface area (Å²) in [4.78, 5) is 2.05. The van der Waals surface area contributed by atoms with Crippen LogP contribution in [0.2, 0.25) is 0 Å². The van der Waals surface area contributed by atoms with Crippen molar-refractivity contribution in [3.05, 3.63) is 58.3 Å². The average molecular weight is 336 g/mol. The van der Waals surface area contributed by atoms with Crippen molar-refractivity contribution >= 4 is 33.1 Å². The van der Waals surface area contributed by atoms with Gasteiger partial charge >= 0.3 is 0 Å². The molecule has 0 spiro atoms. The van der Waals surface area contributed by atoms with Crippen LogP contribution in [-0.2, 0) is 0 Å². The first kappa shape index (κ1) is 14.5. The molecule has 0 bridgehead atoms. The Labute approximate surface area is 125 Å². The number of amidine groups is 1. The van der Waals surface area contributed by atoms with E-state index in [2.05, 4.69) is 15.9 Å². The molecule has 0 aliphatic rings. The average Bonchev–Trinajstić information content (AvgIpc) is 2.43. The Morgan fingerprint density at radius 2 is 1.90 bits per heavy atom. The molecule has 20 heavy (non-hydrogen) atoms. The molecule has 2 aromatic rings. The molecule has 2 aromatic carbocycles. The Balaban J connectivity index is 2.41. The van der Waals surface area contributed by atoms with Gasteiger partial charge in [-0.3, -0.25) is 5.41 Å². The van der Waals surface area contributed by atoms with Crippen molar-refractivity contribution in [3.63, 3.8) is 0 Å². The van der Waals surface area contributed by atoms with E-state index in [1.807, 2.05) is 24.0 Å². The second kappa shape index (κ2) is 6.05. The maximum atomic E-state index is 13.0. The summed E-state index contributed by atoms with van der Waals surface area (Å²) >= 11 is 3.50. The SMILES string of the molecule is CCN(c1ccc(F)cc1)c1ccc(C(=N)N)cc1Br. The number of anilines is 2. The molecule has 0 unspecified atom stereocenters. The van der Waals surface area contributed by atoms with Gasteiger partial charge in [0.15, 0.2) is 0 Å². The minimum absolute atomic E-state index is 0.0297. The molecule has 0 aromatic heterocycles. The van der Waals surface area contributed by atoms with Gasteiger partial charge in [0.2, 0.25) is 0 Å². The fraction of sp³-hybridized carbons (Fsp3) is 0.133. The first-order valence-electron chi connectivity index (χ1n) is 6.20. The Morgan fingerprint density at radius 3 is 2.40 bits per heavy atom. The van der Waals surface area contributed by atoms with Crippen LogP contribution < -0.4 is 10.6 Å². The monoisotopic (exact) mass is 335 g/mol. The molecular formula is C15H15BrFN3. The number of hydrogen-bond acceptors (Lipinski definition) is 2. The highest BCUT2D eigenvalue weighted by atomic mass is 79.9. The van der Waals surface area contributed by atoms with Gasteiger partial charge in [0.05, 0.1) is 5.69 Å². The predicted octanol–water partition coefficient (Wildman–Crippen LogP) is 4.03. The molecule has 0 atom stereocenters. The highest BCUT2D eigenvalue weighted by Crippen LogP contribution is 2.32. The van der Waals surface area contributed by atoms with Crippen LogP contribution in [-0.4, -0.2) is 12.4 Å². The zero-order valence-electron chi connectivity index (χ0n) is 11.0. The molecule has 0 aliphatic heterocycles. The quantitative estimate of drug-likeness (QED) is 0.654. The van der Waals surface area contributed by atoms with Crippen LogP contribution in [0.3, 0.4) is 0 Å². The fourth-order valence-electron chi connectivity index (χ4n) is 2.01. The van der Waals surface area contributed by atoms with Crippen molar-refractivity contribution in [1.29, 1.82) is 5.41 Å². The van der Waals surface area contributed by atoms with Gasteiger partial charge < -0.3 is 10.6 Å². The molecule has 0 saturated heterocycles. The van der Waals surface area contributed by atoms with Gasteiger partial charge in [-0.25, -0.2) is 4.39 Å². The number of benzene rings is 2. The molecule has 0 heterocycles. The standard InChI is InChI=1S/C15H15BrFN3/c1-2-20(12-6-4-11(17)5-7-12)14-8-3-10(15(18)19)9-13(14)16/h3-9H,2H2,1H3,(H3,18,19). The van der Waals surface area contributed by atoms with Crippen LogP contribution in [0.5, 0.6) is 0 Å². The molecule has 3 N–H and O–H groups in total. The summed E-state index contributed by atoms with van der Waals surface area (Å²) < 4.78 is 13.9. The van der Waals surface area contributed by atoms with Crippen molar-refractivity contribution in [2.24, 2.45) is 5.73 Å². The maximum Gasteiger partial charge on any atom is 0.123 e. The fourth-order valence-corrected chi connectivity index (χ4v) is 2.60. The van der Waals surface area contributed by atoms with Crippen molar-refractivity contribution in [3.8, 4) is 0 Å². The summed E-state index contributed by atoms with van der Waals surface area (Å²) in [5.41, 5.74) is 7.99. The Morgan fingerprint density at radius 1 is 1.25 bits per heavy atom. The predicted molar refractivity (Wildman–Crippen MR) is 84.2 cm³/mol. The molecule has 5 heteroatoms. The lowest BCUT2D eigenvalue weighted by Crippen LogP contribution is -2.17. The van der Waals surface area contributed by atoms with Crippen molar-refractivity contribution < 1.29 is 4.39 Å². The molecule has 0 radical (unpaired) electrons. The first-order chi connectivity index (χ1) is 9.52. The maximum absolute atomic E-state index is 13.0. The smallest absolute Gasteiger partial charge is 0.123 e. The minimum atomic E-state index is -0.254. The highest BCUT2D eigenvalue weighted by molar-refractivity contribution is 9.10. The largest absolute Gasteiger partial charge is 0.384 e. The number of nitrogens with zero attached hydrogens (tertiary/aromatic N) is 1. The van der Waals surface area contributed by atoms with E-state index in [0.29, 0.717) is 5.56 Å². The van der Waals surface area contributed by atoms with Gasteiger partial charge in [0.1, 0.15) is 11.7 Å². The Kier molecular flexibility index (Phi) is 4.39.